The van der Waals surface area contributed by atoms with Crippen molar-refractivity contribution in [2.75, 3.05) is 0 Å². The summed E-state index contributed by atoms with van der Waals surface area (Å²) in [4.78, 5) is 0. The maximum Gasteiger partial charge on any atom is 0.417 e. The van der Waals surface area contributed by atoms with Gasteiger partial charge in [0.05, 0.1) is 5.56 Å². The van der Waals surface area contributed by atoms with E-state index >= 15 is 0 Å². The van der Waals surface area contributed by atoms with E-state index < -0.39 is 23.6 Å². The second kappa shape index (κ2) is 6.15. The summed E-state index contributed by atoms with van der Waals surface area (Å²) < 4.78 is 52.1. The third-order valence-corrected chi connectivity index (χ3v) is 3.81. The van der Waals surface area contributed by atoms with Gasteiger partial charge < -0.3 is 5.73 Å². The quantitative estimate of drug-likeness (QED) is 0.777. The van der Waals surface area contributed by atoms with Gasteiger partial charge in [0, 0.05) is 10.5 Å². The molecule has 2 rings (SSSR count). The van der Waals surface area contributed by atoms with Crippen molar-refractivity contribution >= 4 is 15.9 Å². The molecule has 1 nitrogen and oxygen atoms in total. The fourth-order valence-electron chi connectivity index (χ4n) is 2.01. The summed E-state index contributed by atoms with van der Waals surface area (Å²) in [6.45, 7) is 0. The van der Waals surface area contributed by atoms with Crippen LogP contribution in [0.5, 0.6) is 0 Å². The minimum atomic E-state index is -4.47. The maximum atomic E-state index is 13.6. The van der Waals surface area contributed by atoms with Crippen molar-refractivity contribution in [3.05, 3.63) is 69.4 Å². The van der Waals surface area contributed by atoms with Crippen molar-refractivity contribution in [3.63, 3.8) is 0 Å². The molecule has 0 spiro atoms. The van der Waals surface area contributed by atoms with E-state index in [1.54, 1.807) is 18.2 Å². The predicted molar refractivity (Wildman–Crippen MR) is 76.2 cm³/mol. The molecule has 1 unspecified atom stereocenters. The van der Waals surface area contributed by atoms with Gasteiger partial charge in [0.1, 0.15) is 5.82 Å². The molecule has 0 aliphatic carbocycles. The summed E-state index contributed by atoms with van der Waals surface area (Å²) in [5.74, 6) is -0.416. The van der Waals surface area contributed by atoms with E-state index in [0.717, 1.165) is 6.07 Å². The number of nitrogens with two attached hydrogens (primary N) is 1. The van der Waals surface area contributed by atoms with Gasteiger partial charge in [0.25, 0.3) is 0 Å². The molecule has 0 heterocycles. The smallest absolute Gasteiger partial charge is 0.324 e. The molecule has 2 aromatic carbocycles. The highest BCUT2D eigenvalue weighted by Gasteiger charge is 2.33. The van der Waals surface area contributed by atoms with Crippen molar-refractivity contribution in [1.82, 2.24) is 0 Å². The van der Waals surface area contributed by atoms with Crippen LogP contribution in [0.3, 0.4) is 0 Å². The van der Waals surface area contributed by atoms with Crippen molar-refractivity contribution in [3.8, 4) is 0 Å². The topological polar surface area (TPSA) is 26.0 Å². The molecule has 0 radical (unpaired) electrons. The largest absolute Gasteiger partial charge is 0.417 e. The van der Waals surface area contributed by atoms with Gasteiger partial charge in [-0.1, -0.05) is 40.2 Å². The zero-order chi connectivity index (χ0) is 15.6. The van der Waals surface area contributed by atoms with Crippen molar-refractivity contribution < 1.29 is 17.6 Å². The van der Waals surface area contributed by atoms with Crippen molar-refractivity contribution in [2.45, 2.75) is 18.6 Å². The van der Waals surface area contributed by atoms with Gasteiger partial charge in [0.2, 0.25) is 0 Å². The predicted octanol–water partition coefficient (Wildman–Crippen LogP) is 4.85. The summed E-state index contributed by atoms with van der Waals surface area (Å²) in [5.41, 5.74) is 5.81. The Bertz CT molecular complexity index is 640. The Labute approximate surface area is 127 Å². The molecule has 1 atom stereocenters. The van der Waals surface area contributed by atoms with Crippen LogP contribution in [-0.2, 0) is 12.6 Å². The van der Waals surface area contributed by atoms with Gasteiger partial charge >= 0.3 is 6.18 Å². The van der Waals surface area contributed by atoms with Gasteiger partial charge in [0.15, 0.2) is 0 Å². The van der Waals surface area contributed by atoms with Crippen LogP contribution in [-0.4, -0.2) is 0 Å². The summed E-state index contributed by atoms with van der Waals surface area (Å²) in [6, 6.07) is 9.17. The zero-order valence-corrected chi connectivity index (χ0v) is 12.4. The van der Waals surface area contributed by atoms with Gasteiger partial charge in [-0.25, -0.2) is 4.39 Å². The summed E-state index contributed by atoms with van der Waals surface area (Å²) in [5, 5.41) is 0. The molecule has 6 heteroatoms. The van der Waals surface area contributed by atoms with E-state index in [1.165, 1.54) is 18.2 Å². The summed E-state index contributed by atoms with van der Waals surface area (Å²) in [7, 11) is 0. The molecular formula is C15H12BrF4N. The van der Waals surface area contributed by atoms with Crippen LogP contribution < -0.4 is 5.73 Å². The van der Waals surface area contributed by atoms with Crippen LogP contribution >= 0.6 is 15.9 Å². The van der Waals surface area contributed by atoms with Crippen molar-refractivity contribution in [2.24, 2.45) is 5.73 Å². The van der Waals surface area contributed by atoms with E-state index in [9.17, 15) is 17.6 Å². The van der Waals surface area contributed by atoms with Gasteiger partial charge in [-0.05, 0) is 35.7 Å². The molecule has 2 N–H and O–H groups in total. The second-order valence-electron chi connectivity index (χ2n) is 4.64. The lowest BCUT2D eigenvalue weighted by Gasteiger charge is -2.16. The Morgan fingerprint density at radius 1 is 1.10 bits per heavy atom. The van der Waals surface area contributed by atoms with Crippen molar-refractivity contribution in [1.29, 1.82) is 0 Å². The minimum Gasteiger partial charge on any atom is -0.324 e. The van der Waals surface area contributed by atoms with Crippen LogP contribution in [0.15, 0.2) is 46.9 Å². The number of hydrogen-bond acceptors (Lipinski definition) is 1. The molecule has 0 amide bonds. The number of benzene rings is 2. The molecule has 0 fully saturated rings. The van der Waals surface area contributed by atoms with E-state index in [2.05, 4.69) is 15.9 Å². The SMILES string of the molecule is NC(Cc1ccccc1F)c1ccc(Br)c(C(F)(F)F)c1. The van der Waals surface area contributed by atoms with Gasteiger partial charge in [-0.3, -0.25) is 0 Å². The third-order valence-electron chi connectivity index (χ3n) is 3.12. The Morgan fingerprint density at radius 3 is 2.38 bits per heavy atom. The van der Waals surface area contributed by atoms with Crippen LogP contribution in [0.1, 0.15) is 22.7 Å². The maximum absolute atomic E-state index is 13.6. The molecule has 0 aliphatic rings. The zero-order valence-electron chi connectivity index (χ0n) is 10.8. The number of hydrogen-bond donors (Lipinski definition) is 1. The molecular weight excluding hydrogens is 350 g/mol. The Balaban J connectivity index is 2.28. The number of rotatable bonds is 3. The second-order valence-corrected chi connectivity index (χ2v) is 5.49. The first kappa shape index (κ1) is 16.0. The molecule has 2 aromatic rings. The molecule has 21 heavy (non-hydrogen) atoms. The summed E-state index contributed by atoms with van der Waals surface area (Å²) in [6.07, 6.45) is -4.34. The van der Waals surface area contributed by atoms with E-state index in [4.69, 9.17) is 5.73 Å². The van der Waals surface area contributed by atoms with Gasteiger partial charge in [-0.15, -0.1) is 0 Å². The lowest BCUT2D eigenvalue weighted by atomic mass is 9.98. The highest BCUT2D eigenvalue weighted by molar-refractivity contribution is 9.10. The molecule has 0 bridgehead atoms. The average molecular weight is 362 g/mol. The number of alkyl halides is 3. The van der Waals surface area contributed by atoms with Crippen LogP contribution in [0.25, 0.3) is 0 Å². The monoisotopic (exact) mass is 361 g/mol. The highest BCUT2D eigenvalue weighted by Crippen LogP contribution is 2.36. The van der Waals surface area contributed by atoms with Crippen LogP contribution in [0.4, 0.5) is 17.6 Å². The Morgan fingerprint density at radius 2 is 1.76 bits per heavy atom. The number of halogens is 5. The first-order chi connectivity index (χ1) is 9.79. The average Bonchev–Trinajstić information content (AvgIpc) is 2.40. The molecule has 0 aromatic heterocycles. The van der Waals surface area contributed by atoms with E-state index in [-0.39, 0.29) is 10.9 Å². The van der Waals surface area contributed by atoms with Crippen LogP contribution in [0.2, 0.25) is 0 Å². The first-order valence-electron chi connectivity index (χ1n) is 6.14. The highest BCUT2D eigenvalue weighted by atomic mass is 79.9. The van der Waals surface area contributed by atoms with E-state index in [0.29, 0.717) is 11.1 Å². The first-order valence-corrected chi connectivity index (χ1v) is 6.94. The Kier molecular flexibility index (Phi) is 4.68. The fourth-order valence-corrected chi connectivity index (χ4v) is 2.48. The van der Waals surface area contributed by atoms with Gasteiger partial charge in [-0.2, -0.15) is 13.2 Å². The van der Waals surface area contributed by atoms with E-state index in [1.807, 2.05) is 0 Å². The fraction of sp³-hybridized carbons (Fsp3) is 0.200. The lowest BCUT2D eigenvalue weighted by Crippen LogP contribution is -2.16. The lowest BCUT2D eigenvalue weighted by molar-refractivity contribution is -0.138. The normalized spacial score (nSPS) is 13.2. The standard InChI is InChI=1S/C15H12BrF4N/c16-12-6-5-10(7-11(12)15(18,19)20)14(21)8-9-3-1-2-4-13(9)17/h1-7,14H,8,21H2. The summed E-state index contributed by atoms with van der Waals surface area (Å²) >= 11 is 2.87. The third kappa shape index (κ3) is 3.83. The minimum absolute atomic E-state index is 0.0446. The molecule has 112 valence electrons. The molecule has 0 saturated carbocycles. The molecule has 0 aliphatic heterocycles. The Hall–Kier alpha value is -1.40. The van der Waals surface area contributed by atoms with Crippen LogP contribution in [0, 0.1) is 5.82 Å². The molecule has 0 saturated heterocycles.